The standard InChI is InChI=1S/C10H16O7/c1-16-8-6(11)4(9(13)14)3-5(7(8)12)10(15)17-2/h4-8,11-12H,3H2,1-2H3,(H,13,14). The van der Waals surface area contributed by atoms with Crippen LogP contribution in [0.15, 0.2) is 0 Å². The van der Waals surface area contributed by atoms with Crippen LogP contribution in [0, 0.1) is 11.8 Å². The minimum Gasteiger partial charge on any atom is -0.481 e. The third kappa shape index (κ3) is 2.56. The Bertz CT molecular complexity index is 303. The zero-order valence-electron chi connectivity index (χ0n) is 9.57. The lowest BCUT2D eigenvalue weighted by molar-refractivity contribution is -0.184. The van der Waals surface area contributed by atoms with Gasteiger partial charge in [0, 0.05) is 7.11 Å². The zero-order valence-corrected chi connectivity index (χ0v) is 9.57. The number of esters is 1. The highest BCUT2D eigenvalue weighted by atomic mass is 16.5. The number of methoxy groups -OCH3 is 2. The van der Waals surface area contributed by atoms with Gasteiger partial charge in [0.2, 0.25) is 0 Å². The second-order valence-corrected chi connectivity index (χ2v) is 3.99. The van der Waals surface area contributed by atoms with E-state index in [0.29, 0.717) is 0 Å². The fourth-order valence-electron chi connectivity index (χ4n) is 2.13. The third-order valence-electron chi connectivity index (χ3n) is 3.10. The summed E-state index contributed by atoms with van der Waals surface area (Å²) in [6.45, 7) is 0. The van der Waals surface area contributed by atoms with E-state index in [0.717, 1.165) is 7.11 Å². The second-order valence-electron chi connectivity index (χ2n) is 3.99. The van der Waals surface area contributed by atoms with Gasteiger partial charge in [-0.2, -0.15) is 0 Å². The van der Waals surface area contributed by atoms with Crippen LogP contribution in [0.3, 0.4) is 0 Å². The van der Waals surface area contributed by atoms with Crippen LogP contribution in [0.4, 0.5) is 0 Å². The molecular formula is C10H16O7. The van der Waals surface area contributed by atoms with Crippen molar-refractivity contribution in [2.24, 2.45) is 11.8 Å². The van der Waals surface area contributed by atoms with Crippen molar-refractivity contribution in [3.8, 4) is 0 Å². The molecule has 7 nitrogen and oxygen atoms in total. The number of aliphatic hydroxyl groups is 2. The van der Waals surface area contributed by atoms with Gasteiger partial charge >= 0.3 is 11.9 Å². The lowest BCUT2D eigenvalue weighted by Crippen LogP contribution is -2.55. The van der Waals surface area contributed by atoms with Crippen molar-refractivity contribution in [3.05, 3.63) is 0 Å². The van der Waals surface area contributed by atoms with E-state index >= 15 is 0 Å². The van der Waals surface area contributed by atoms with Gasteiger partial charge in [0.05, 0.1) is 31.2 Å². The number of aliphatic carboxylic acids is 1. The monoisotopic (exact) mass is 248 g/mol. The van der Waals surface area contributed by atoms with Crippen molar-refractivity contribution >= 4 is 11.9 Å². The Morgan fingerprint density at radius 2 is 1.65 bits per heavy atom. The van der Waals surface area contributed by atoms with Crippen LogP contribution in [0.1, 0.15) is 6.42 Å². The topological polar surface area (TPSA) is 113 Å². The summed E-state index contributed by atoms with van der Waals surface area (Å²) in [5, 5.41) is 28.5. The van der Waals surface area contributed by atoms with Gasteiger partial charge in [-0.05, 0) is 6.42 Å². The first-order valence-corrected chi connectivity index (χ1v) is 5.13. The SMILES string of the molecule is COC(=O)C1CC(C(=O)O)C(O)C(OC)C1O. The Labute approximate surface area is 98.0 Å². The molecule has 7 heteroatoms. The molecule has 0 bridgehead atoms. The summed E-state index contributed by atoms with van der Waals surface area (Å²) in [7, 11) is 2.38. The number of carbonyl (C=O) groups excluding carboxylic acids is 1. The number of hydrogen-bond donors (Lipinski definition) is 3. The van der Waals surface area contributed by atoms with Crippen LogP contribution in [0.25, 0.3) is 0 Å². The largest absolute Gasteiger partial charge is 0.481 e. The summed E-state index contributed by atoms with van der Waals surface area (Å²) in [6, 6.07) is 0. The van der Waals surface area contributed by atoms with Crippen LogP contribution < -0.4 is 0 Å². The molecule has 0 aromatic rings. The van der Waals surface area contributed by atoms with Gasteiger partial charge in [-0.15, -0.1) is 0 Å². The molecule has 1 aliphatic carbocycles. The van der Waals surface area contributed by atoms with Crippen molar-refractivity contribution in [2.75, 3.05) is 14.2 Å². The summed E-state index contributed by atoms with van der Waals surface area (Å²) in [4.78, 5) is 22.3. The Morgan fingerprint density at radius 1 is 1.12 bits per heavy atom. The predicted octanol–water partition coefficient (Wildman–Crippen LogP) is -1.38. The summed E-state index contributed by atoms with van der Waals surface area (Å²) in [6.07, 6.45) is -3.93. The highest BCUT2D eigenvalue weighted by molar-refractivity contribution is 5.76. The summed E-state index contributed by atoms with van der Waals surface area (Å²) in [5.41, 5.74) is 0. The average molecular weight is 248 g/mol. The summed E-state index contributed by atoms with van der Waals surface area (Å²) < 4.78 is 9.34. The van der Waals surface area contributed by atoms with E-state index in [4.69, 9.17) is 9.84 Å². The summed E-state index contributed by atoms with van der Waals surface area (Å²) >= 11 is 0. The number of rotatable bonds is 3. The van der Waals surface area contributed by atoms with Crippen LogP contribution in [-0.4, -0.2) is 59.8 Å². The molecule has 0 heterocycles. The first-order chi connectivity index (χ1) is 7.93. The van der Waals surface area contributed by atoms with Crippen LogP contribution >= 0.6 is 0 Å². The van der Waals surface area contributed by atoms with Gasteiger partial charge in [0.15, 0.2) is 0 Å². The molecule has 5 unspecified atom stereocenters. The normalized spacial score (nSPS) is 37.5. The Balaban J connectivity index is 2.95. The molecule has 0 aromatic carbocycles. The van der Waals surface area contributed by atoms with Gasteiger partial charge < -0.3 is 24.8 Å². The van der Waals surface area contributed by atoms with E-state index in [1.54, 1.807) is 0 Å². The third-order valence-corrected chi connectivity index (χ3v) is 3.10. The van der Waals surface area contributed by atoms with Crippen molar-refractivity contribution in [2.45, 2.75) is 24.7 Å². The number of carbonyl (C=O) groups is 2. The molecule has 3 N–H and O–H groups in total. The van der Waals surface area contributed by atoms with Gasteiger partial charge in [0.1, 0.15) is 6.10 Å². The van der Waals surface area contributed by atoms with Crippen molar-refractivity contribution in [3.63, 3.8) is 0 Å². The second kappa shape index (κ2) is 5.44. The lowest BCUT2D eigenvalue weighted by Gasteiger charge is -2.39. The molecule has 1 rings (SSSR count). The molecule has 1 aliphatic rings. The molecule has 1 fully saturated rings. The van der Waals surface area contributed by atoms with Gasteiger partial charge in [-0.1, -0.05) is 0 Å². The predicted molar refractivity (Wildman–Crippen MR) is 54.1 cm³/mol. The zero-order chi connectivity index (χ0) is 13.2. The van der Waals surface area contributed by atoms with Crippen LogP contribution in [-0.2, 0) is 19.1 Å². The maximum Gasteiger partial charge on any atom is 0.311 e. The quantitative estimate of drug-likeness (QED) is 0.527. The molecule has 98 valence electrons. The Hall–Kier alpha value is -1.18. The highest BCUT2D eigenvalue weighted by Crippen LogP contribution is 2.32. The Kier molecular flexibility index (Phi) is 4.44. The Morgan fingerprint density at radius 3 is 2.06 bits per heavy atom. The van der Waals surface area contributed by atoms with E-state index < -0.39 is 42.1 Å². The molecule has 0 aliphatic heterocycles. The fraction of sp³-hybridized carbons (Fsp3) is 0.800. The number of carboxylic acids is 1. The first kappa shape index (κ1) is 13.9. The smallest absolute Gasteiger partial charge is 0.311 e. The van der Waals surface area contributed by atoms with E-state index in [1.165, 1.54) is 7.11 Å². The molecular weight excluding hydrogens is 232 g/mol. The molecule has 17 heavy (non-hydrogen) atoms. The van der Waals surface area contributed by atoms with Crippen molar-refractivity contribution in [1.82, 2.24) is 0 Å². The van der Waals surface area contributed by atoms with E-state index in [2.05, 4.69) is 4.74 Å². The van der Waals surface area contributed by atoms with Gasteiger partial charge in [-0.25, -0.2) is 0 Å². The first-order valence-electron chi connectivity index (χ1n) is 5.13. The van der Waals surface area contributed by atoms with E-state index in [-0.39, 0.29) is 6.42 Å². The maximum atomic E-state index is 11.4. The molecule has 0 spiro atoms. The molecule has 0 amide bonds. The number of aliphatic hydroxyl groups excluding tert-OH is 2. The minimum atomic E-state index is -1.35. The van der Waals surface area contributed by atoms with Gasteiger partial charge in [0.25, 0.3) is 0 Å². The van der Waals surface area contributed by atoms with Crippen LogP contribution in [0.2, 0.25) is 0 Å². The molecule has 0 aromatic heterocycles. The fourth-order valence-corrected chi connectivity index (χ4v) is 2.13. The number of hydrogen-bond acceptors (Lipinski definition) is 6. The average Bonchev–Trinajstić information content (AvgIpc) is 2.28. The number of carboxylic acid groups (broad SMARTS) is 1. The van der Waals surface area contributed by atoms with Gasteiger partial charge in [-0.3, -0.25) is 9.59 Å². The number of ether oxygens (including phenoxy) is 2. The highest BCUT2D eigenvalue weighted by Gasteiger charge is 2.49. The molecule has 5 atom stereocenters. The molecule has 0 radical (unpaired) electrons. The van der Waals surface area contributed by atoms with E-state index in [9.17, 15) is 19.8 Å². The molecule has 1 saturated carbocycles. The molecule has 0 saturated heterocycles. The van der Waals surface area contributed by atoms with Crippen LogP contribution in [0.5, 0.6) is 0 Å². The maximum absolute atomic E-state index is 11.4. The van der Waals surface area contributed by atoms with Crippen molar-refractivity contribution < 1.29 is 34.4 Å². The lowest BCUT2D eigenvalue weighted by atomic mass is 9.75. The van der Waals surface area contributed by atoms with E-state index in [1.807, 2.05) is 0 Å². The van der Waals surface area contributed by atoms with Crippen molar-refractivity contribution in [1.29, 1.82) is 0 Å². The minimum absolute atomic E-state index is 0.176. The summed E-state index contributed by atoms with van der Waals surface area (Å²) in [5.74, 6) is -4.11.